The number of nitrogens with zero attached hydrogens (tertiary/aromatic N) is 5. The second-order valence-corrected chi connectivity index (χ2v) is 13.1. The molecular weight excluding hydrogens is 635 g/mol. The van der Waals surface area contributed by atoms with E-state index in [0.29, 0.717) is 22.4 Å². The number of nitriles is 3. The monoisotopic (exact) mass is 667 g/mol. The lowest BCUT2D eigenvalue weighted by Gasteiger charge is -2.27. The Morgan fingerprint density at radius 1 is 0.692 bits per heavy atom. The third kappa shape index (κ3) is 4.90. The Balaban J connectivity index is 1.42. The summed E-state index contributed by atoms with van der Waals surface area (Å²) in [6, 6.07) is 41.1. The minimum atomic E-state index is 0.190. The Bertz CT molecular complexity index is 2850. The van der Waals surface area contributed by atoms with E-state index in [0.717, 1.165) is 72.8 Å². The van der Waals surface area contributed by atoms with Crippen LogP contribution in [0.4, 0.5) is 0 Å². The van der Waals surface area contributed by atoms with Crippen molar-refractivity contribution in [1.29, 1.82) is 15.8 Å². The highest BCUT2D eigenvalue weighted by Crippen LogP contribution is 2.45. The normalized spacial score (nSPS) is 14.2. The summed E-state index contributed by atoms with van der Waals surface area (Å²) < 4.78 is 4.39. The van der Waals surface area contributed by atoms with Crippen LogP contribution in [0.1, 0.15) is 53.8 Å². The van der Waals surface area contributed by atoms with Crippen molar-refractivity contribution < 1.29 is 0 Å². The van der Waals surface area contributed by atoms with E-state index in [9.17, 15) is 15.8 Å². The van der Waals surface area contributed by atoms with Gasteiger partial charge in [-0.15, -0.1) is 0 Å². The van der Waals surface area contributed by atoms with Gasteiger partial charge in [-0.25, -0.2) is 0 Å². The number of hydrogen-bond acceptors (Lipinski definition) is 3. The van der Waals surface area contributed by atoms with E-state index in [1.54, 1.807) is 12.1 Å². The molecule has 2 aromatic heterocycles. The van der Waals surface area contributed by atoms with Gasteiger partial charge in [0.05, 0.1) is 56.8 Å². The summed E-state index contributed by atoms with van der Waals surface area (Å²) in [6.07, 6.45) is 11.5. The first kappa shape index (κ1) is 32.1. The molecule has 5 nitrogen and oxygen atoms in total. The molecule has 1 unspecified atom stereocenters. The number of rotatable bonds is 6. The molecule has 0 saturated heterocycles. The van der Waals surface area contributed by atoms with E-state index in [1.165, 1.54) is 5.57 Å². The van der Waals surface area contributed by atoms with E-state index in [4.69, 9.17) is 0 Å². The molecule has 0 amide bonds. The standard InChI is InChI=1S/C47H33N5/c1-4-12-35-36-15-8-9-18-42(36)51(41(35)5-2)45-20-10-13-30(3)47(45)38-16-7-6-14-33(38)34-17-11-19-43(40(34)29-50)52-44-24-22-31(27-48)25-39(44)37-23-21-32(28-49)26-46(37)52/h4-12,14-26,30H,2,13H2,1,3H3/b12-4-. The SMILES string of the molecule is C=Cc1c(/C=C\C)c2ccccc2n1C1=C(c2ccccc2-c2cccc(-n3c4ccc(C#N)cc4c4ccc(C#N)cc43)c2C#N)C(C)CC=C1. The number of fused-ring (bicyclic) bond motifs is 4. The van der Waals surface area contributed by atoms with Crippen LogP contribution in [0.2, 0.25) is 0 Å². The van der Waals surface area contributed by atoms with Crippen LogP contribution in [0.5, 0.6) is 0 Å². The summed E-state index contributed by atoms with van der Waals surface area (Å²) in [5, 5.41) is 33.5. The molecule has 0 N–H and O–H groups in total. The van der Waals surface area contributed by atoms with Crippen LogP contribution in [0.25, 0.3) is 72.9 Å². The summed E-state index contributed by atoms with van der Waals surface area (Å²) in [7, 11) is 0. The van der Waals surface area contributed by atoms with Crippen molar-refractivity contribution in [3.05, 3.63) is 161 Å². The molecule has 5 heteroatoms. The number of aromatic nitrogens is 2. The quantitative estimate of drug-likeness (QED) is 0.177. The van der Waals surface area contributed by atoms with Gasteiger partial charge in [-0.05, 0) is 90.6 Å². The van der Waals surface area contributed by atoms with Gasteiger partial charge in [-0.1, -0.05) is 92.4 Å². The molecule has 5 aromatic carbocycles. The molecule has 246 valence electrons. The zero-order chi connectivity index (χ0) is 35.9. The van der Waals surface area contributed by atoms with Crippen molar-refractivity contribution in [2.75, 3.05) is 0 Å². The fourth-order valence-corrected chi connectivity index (χ4v) is 7.97. The van der Waals surface area contributed by atoms with Gasteiger partial charge in [0.1, 0.15) is 6.07 Å². The highest BCUT2D eigenvalue weighted by molar-refractivity contribution is 6.10. The molecule has 8 rings (SSSR count). The molecular formula is C47H33N5. The van der Waals surface area contributed by atoms with Crippen molar-refractivity contribution in [3.63, 3.8) is 0 Å². The Morgan fingerprint density at radius 2 is 1.40 bits per heavy atom. The van der Waals surface area contributed by atoms with Crippen molar-refractivity contribution in [2.45, 2.75) is 20.3 Å². The number of para-hydroxylation sites is 1. The van der Waals surface area contributed by atoms with Crippen LogP contribution in [0, 0.1) is 39.9 Å². The summed E-state index contributed by atoms with van der Waals surface area (Å²) in [6.45, 7) is 8.56. The molecule has 0 spiro atoms. The maximum Gasteiger partial charge on any atom is 0.102 e. The van der Waals surface area contributed by atoms with Gasteiger partial charge >= 0.3 is 0 Å². The Morgan fingerprint density at radius 3 is 2.17 bits per heavy atom. The fraction of sp³-hybridized carbons (Fsp3) is 0.0851. The number of hydrogen-bond donors (Lipinski definition) is 0. The summed E-state index contributed by atoms with van der Waals surface area (Å²) in [5.41, 5.74) is 12.4. The fourth-order valence-electron chi connectivity index (χ4n) is 7.97. The van der Waals surface area contributed by atoms with Gasteiger partial charge in [-0.2, -0.15) is 15.8 Å². The van der Waals surface area contributed by atoms with Crippen molar-refractivity contribution >= 4 is 56.1 Å². The maximum atomic E-state index is 11.0. The van der Waals surface area contributed by atoms with Crippen molar-refractivity contribution in [3.8, 4) is 35.0 Å². The molecule has 7 aromatic rings. The lowest BCUT2D eigenvalue weighted by Crippen LogP contribution is -2.11. The lowest BCUT2D eigenvalue weighted by atomic mass is 9.82. The van der Waals surface area contributed by atoms with Crippen LogP contribution in [0.3, 0.4) is 0 Å². The topological polar surface area (TPSA) is 81.2 Å². The number of benzene rings is 5. The first-order chi connectivity index (χ1) is 25.5. The molecule has 1 atom stereocenters. The average Bonchev–Trinajstić information content (AvgIpc) is 3.68. The zero-order valence-electron chi connectivity index (χ0n) is 28.9. The first-order valence-corrected chi connectivity index (χ1v) is 17.3. The Kier molecular flexibility index (Phi) is 8.00. The summed E-state index contributed by atoms with van der Waals surface area (Å²) in [5.74, 6) is 0.190. The van der Waals surface area contributed by atoms with Crippen molar-refractivity contribution in [2.24, 2.45) is 5.92 Å². The molecule has 1 aliphatic rings. The minimum absolute atomic E-state index is 0.190. The number of allylic oxidation sites excluding steroid dienone is 5. The molecule has 0 saturated carbocycles. The predicted molar refractivity (Wildman–Crippen MR) is 213 cm³/mol. The average molecular weight is 668 g/mol. The highest BCUT2D eigenvalue weighted by Gasteiger charge is 2.26. The van der Waals surface area contributed by atoms with Crippen LogP contribution >= 0.6 is 0 Å². The van der Waals surface area contributed by atoms with Crippen LogP contribution in [-0.4, -0.2) is 9.13 Å². The molecule has 52 heavy (non-hydrogen) atoms. The van der Waals surface area contributed by atoms with E-state index in [1.807, 2.05) is 61.5 Å². The molecule has 2 heterocycles. The van der Waals surface area contributed by atoms with Crippen LogP contribution in [-0.2, 0) is 0 Å². The molecule has 0 fully saturated rings. The first-order valence-electron chi connectivity index (χ1n) is 17.3. The summed E-state index contributed by atoms with van der Waals surface area (Å²) in [4.78, 5) is 0. The summed E-state index contributed by atoms with van der Waals surface area (Å²) >= 11 is 0. The second kappa shape index (κ2) is 13.0. The smallest absolute Gasteiger partial charge is 0.102 e. The minimum Gasteiger partial charge on any atom is -0.309 e. The van der Waals surface area contributed by atoms with E-state index >= 15 is 0 Å². The van der Waals surface area contributed by atoms with E-state index in [-0.39, 0.29) is 5.92 Å². The van der Waals surface area contributed by atoms with Crippen molar-refractivity contribution in [1.82, 2.24) is 9.13 Å². The third-order valence-corrected chi connectivity index (χ3v) is 10.2. The second-order valence-electron chi connectivity index (χ2n) is 13.1. The van der Waals surface area contributed by atoms with Gasteiger partial charge < -0.3 is 9.13 Å². The van der Waals surface area contributed by atoms with Gasteiger partial charge in [-0.3, -0.25) is 0 Å². The van der Waals surface area contributed by atoms with Gasteiger partial charge in [0.25, 0.3) is 0 Å². The Hall–Kier alpha value is -7.13. The Labute approximate surface area is 302 Å². The third-order valence-electron chi connectivity index (χ3n) is 10.2. The zero-order valence-corrected chi connectivity index (χ0v) is 28.9. The predicted octanol–water partition coefficient (Wildman–Crippen LogP) is 11.7. The largest absolute Gasteiger partial charge is 0.309 e. The molecule has 0 radical (unpaired) electrons. The van der Waals surface area contributed by atoms with Gasteiger partial charge in [0.2, 0.25) is 0 Å². The highest BCUT2D eigenvalue weighted by atomic mass is 15.0. The van der Waals surface area contributed by atoms with E-state index < -0.39 is 0 Å². The molecule has 0 aliphatic heterocycles. The van der Waals surface area contributed by atoms with E-state index in [2.05, 4.69) is 108 Å². The lowest BCUT2D eigenvalue weighted by molar-refractivity contribution is 0.756. The maximum absolute atomic E-state index is 11.0. The molecule has 0 bridgehead atoms. The van der Waals surface area contributed by atoms with Crippen LogP contribution < -0.4 is 0 Å². The van der Waals surface area contributed by atoms with Crippen LogP contribution in [0.15, 0.2) is 128 Å². The molecule has 1 aliphatic carbocycles. The van der Waals surface area contributed by atoms with Gasteiger partial charge in [0, 0.05) is 33.0 Å². The van der Waals surface area contributed by atoms with Gasteiger partial charge in [0.15, 0.2) is 0 Å².